The molecule has 2 heterocycles. The van der Waals surface area contributed by atoms with Crippen molar-refractivity contribution in [3.8, 4) is 11.1 Å². The summed E-state index contributed by atoms with van der Waals surface area (Å²) in [5, 5.41) is 26.8. The van der Waals surface area contributed by atoms with Crippen LogP contribution in [0.4, 0.5) is 23.0 Å². The molecule has 9 nitrogen and oxygen atoms in total. The molecule has 1 aliphatic rings. The number of carbonyl (C=O) groups excluding carboxylic acids is 1. The molecule has 5 rings (SSSR count). The van der Waals surface area contributed by atoms with Crippen LogP contribution in [0.15, 0.2) is 79.5 Å². The number of para-hydroxylation sites is 1. The van der Waals surface area contributed by atoms with Crippen molar-refractivity contribution in [2.75, 3.05) is 48.3 Å². The molecule has 1 fully saturated rings. The van der Waals surface area contributed by atoms with Crippen LogP contribution in [0.1, 0.15) is 12.5 Å². The van der Waals surface area contributed by atoms with Crippen molar-refractivity contribution in [3.63, 3.8) is 0 Å². The molecule has 1 aromatic heterocycles. The van der Waals surface area contributed by atoms with Crippen molar-refractivity contribution in [1.82, 2.24) is 14.9 Å². The quantitative estimate of drug-likeness (QED) is 0.235. The fourth-order valence-corrected chi connectivity index (χ4v) is 5.02. The molecule has 0 radical (unpaired) electrons. The van der Waals surface area contributed by atoms with E-state index in [0.717, 1.165) is 65.1 Å². The Morgan fingerprint density at radius 2 is 1.90 bits per heavy atom. The van der Waals surface area contributed by atoms with Crippen molar-refractivity contribution in [2.45, 2.75) is 19.6 Å². The standard InChI is InChI=1S/C31H34N6O3/c1-3-29(40)33-25-8-4-6-22(16-25)27-9-5-7-23-18-32-31(35-30(23)27)34-28-11-10-26(17-24(28)20-38)37-14-12-36(13-15-37)19-21(2)39/h3-11,16-18,21,38-39H,1,12-15,19-20H2,2H3,(H,33,40)(H,32,34,35). The van der Waals surface area contributed by atoms with Crippen LogP contribution in [0.25, 0.3) is 22.0 Å². The first-order valence-electron chi connectivity index (χ1n) is 13.4. The van der Waals surface area contributed by atoms with Crippen molar-refractivity contribution in [3.05, 3.63) is 85.1 Å². The Kier molecular flexibility index (Phi) is 8.35. The Labute approximate surface area is 233 Å². The number of piperazine rings is 1. The van der Waals surface area contributed by atoms with Crippen LogP contribution in [0.2, 0.25) is 0 Å². The molecule has 206 valence electrons. The molecule has 0 spiro atoms. The number of rotatable bonds is 9. The summed E-state index contributed by atoms with van der Waals surface area (Å²) >= 11 is 0. The van der Waals surface area contributed by atoms with Crippen LogP contribution in [-0.4, -0.2) is 69.8 Å². The number of anilines is 4. The van der Waals surface area contributed by atoms with E-state index in [1.165, 1.54) is 6.08 Å². The van der Waals surface area contributed by atoms with Crippen molar-refractivity contribution in [2.24, 2.45) is 0 Å². The van der Waals surface area contributed by atoms with Crippen LogP contribution in [0, 0.1) is 0 Å². The van der Waals surface area contributed by atoms with Gasteiger partial charge in [-0.25, -0.2) is 9.97 Å². The highest BCUT2D eigenvalue weighted by atomic mass is 16.3. The molecule has 9 heteroatoms. The summed E-state index contributed by atoms with van der Waals surface area (Å²) < 4.78 is 0. The number of aliphatic hydroxyl groups is 2. The second-order valence-corrected chi connectivity index (χ2v) is 9.97. The van der Waals surface area contributed by atoms with Crippen LogP contribution in [0.5, 0.6) is 0 Å². The van der Waals surface area contributed by atoms with Crippen LogP contribution in [-0.2, 0) is 11.4 Å². The minimum Gasteiger partial charge on any atom is -0.392 e. The highest BCUT2D eigenvalue weighted by molar-refractivity contribution is 6.00. The van der Waals surface area contributed by atoms with Gasteiger partial charge in [-0.05, 0) is 48.9 Å². The lowest BCUT2D eigenvalue weighted by atomic mass is 10.0. The maximum absolute atomic E-state index is 11.8. The third-order valence-electron chi connectivity index (χ3n) is 7.00. The summed E-state index contributed by atoms with van der Waals surface area (Å²) in [6.07, 6.45) is 2.68. The molecule has 3 aromatic carbocycles. The van der Waals surface area contributed by atoms with Gasteiger partial charge in [0, 0.05) is 72.5 Å². The number of nitrogens with zero attached hydrogens (tertiary/aromatic N) is 4. The van der Waals surface area contributed by atoms with Gasteiger partial charge in [0.25, 0.3) is 0 Å². The monoisotopic (exact) mass is 538 g/mol. The van der Waals surface area contributed by atoms with E-state index in [2.05, 4.69) is 32.0 Å². The van der Waals surface area contributed by atoms with Gasteiger partial charge in [-0.3, -0.25) is 9.69 Å². The summed E-state index contributed by atoms with van der Waals surface area (Å²) in [4.78, 5) is 25.7. The topological polar surface area (TPSA) is 114 Å². The number of amides is 1. The summed E-state index contributed by atoms with van der Waals surface area (Å²) in [6, 6.07) is 19.5. The zero-order valence-electron chi connectivity index (χ0n) is 22.5. The van der Waals surface area contributed by atoms with Crippen molar-refractivity contribution >= 4 is 39.8 Å². The molecular formula is C31H34N6O3. The lowest BCUT2D eigenvalue weighted by Gasteiger charge is -2.36. The number of nitrogens with one attached hydrogen (secondary N) is 2. The minimum atomic E-state index is -0.332. The molecule has 0 saturated carbocycles. The second-order valence-electron chi connectivity index (χ2n) is 9.97. The Hall–Kier alpha value is -4.31. The zero-order chi connectivity index (χ0) is 28.1. The molecule has 0 aliphatic carbocycles. The van der Waals surface area contributed by atoms with Crippen LogP contribution >= 0.6 is 0 Å². The molecule has 4 N–H and O–H groups in total. The first kappa shape index (κ1) is 27.3. The van der Waals surface area contributed by atoms with E-state index >= 15 is 0 Å². The summed E-state index contributed by atoms with van der Waals surface area (Å²) in [7, 11) is 0. The Bertz CT molecular complexity index is 1510. The van der Waals surface area contributed by atoms with Gasteiger partial charge >= 0.3 is 0 Å². The van der Waals surface area contributed by atoms with E-state index in [-0.39, 0.29) is 18.6 Å². The van der Waals surface area contributed by atoms with E-state index in [1.807, 2.05) is 67.6 Å². The number of hydrogen-bond acceptors (Lipinski definition) is 8. The van der Waals surface area contributed by atoms with Gasteiger partial charge in [0.05, 0.1) is 18.2 Å². The van der Waals surface area contributed by atoms with Crippen molar-refractivity contribution < 1.29 is 15.0 Å². The molecular weight excluding hydrogens is 504 g/mol. The largest absolute Gasteiger partial charge is 0.392 e. The molecule has 1 unspecified atom stereocenters. The van der Waals surface area contributed by atoms with E-state index in [4.69, 9.17) is 4.98 Å². The highest BCUT2D eigenvalue weighted by Gasteiger charge is 2.19. The SMILES string of the molecule is C=CC(=O)Nc1cccc(-c2cccc3cnc(Nc4ccc(N5CCN(CC(C)O)CC5)cc4CO)nc23)c1. The van der Waals surface area contributed by atoms with Crippen LogP contribution in [0.3, 0.4) is 0 Å². The van der Waals surface area contributed by atoms with Crippen LogP contribution < -0.4 is 15.5 Å². The fourth-order valence-electron chi connectivity index (χ4n) is 5.02. The Balaban J connectivity index is 1.38. The number of benzene rings is 3. The van der Waals surface area contributed by atoms with Crippen molar-refractivity contribution in [1.29, 1.82) is 0 Å². The maximum atomic E-state index is 11.8. The van der Waals surface area contributed by atoms with E-state index in [0.29, 0.717) is 18.2 Å². The summed E-state index contributed by atoms with van der Waals surface area (Å²) in [6.45, 7) is 9.38. The average molecular weight is 539 g/mol. The number of hydrogen-bond donors (Lipinski definition) is 4. The molecule has 1 saturated heterocycles. The molecule has 4 aromatic rings. The number of carbonyl (C=O) groups is 1. The highest BCUT2D eigenvalue weighted by Crippen LogP contribution is 2.31. The zero-order valence-corrected chi connectivity index (χ0v) is 22.5. The van der Waals surface area contributed by atoms with Gasteiger partial charge in [0.1, 0.15) is 0 Å². The molecule has 1 aliphatic heterocycles. The predicted molar refractivity (Wildman–Crippen MR) is 160 cm³/mol. The predicted octanol–water partition coefficient (Wildman–Crippen LogP) is 4.16. The third kappa shape index (κ3) is 6.28. The summed E-state index contributed by atoms with van der Waals surface area (Å²) in [5.74, 6) is 0.151. The molecule has 0 bridgehead atoms. The third-order valence-corrected chi connectivity index (χ3v) is 7.00. The lowest BCUT2D eigenvalue weighted by molar-refractivity contribution is -0.111. The fraction of sp³-hybridized carbons (Fsp3) is 0.258. The first-order chi connectivity index (χ1) is 19.4. The number of β-amino-alcohol motifs (C(OH)–C–C–N with tert-alkyl or cyclic N) is 1. The number of aromatic nitrogens is 2. The number of fused-ring (bicyclic) bond motifs is 1. The number of aliphatic hydroxyl groups excluding tert-OH is 2. The van der Waals surface area contributed by atoms with Gasteiger partial charge in [0.2, 0.25) is 11.9 Å². The molecule has 1 atom stereocenters. The molecule has 40 heavy (non-hydrogen) atoms. The maximum Gasteiger partial charge on any atom is 0.247 e. The second kappa shape index (κ2) is 12.3. The Morgan fingerprint density at radius 1 is 1.10 bits per heavy atom. The van der Waals surface area contributed by atoms with E-state index in [9.17, 15) is 15.0 Å². The average Bonchev–Trinajstić information content (AvgIpc) is 2.97. The van der Waals surface area contributed by atoms with E-state index < -0.39 is 0 Å². The van der Waals surface area contributed by atoms with E-state index in [1.54, 1.807) is 6.20 Å². The smallest absolute Gasteiger partial charge is 0.247 e. The summed E-state index contributed by atoms with van der Waals surface area (Å²) in [5.41, 5.74) is 5.80. The van der Waals surface area contributed by atoms with Gasteiger partial charge in [-0.15, -0.1) is 0 Å². The molecule has 1 amide bonds. The normalized spacial score (nSPS) is 14.6. The van der Waals surface area contributed by atoms with Gasteiger partial charge in [0.15, 0.2) is 0 Å². The van der Waals surface area contributed by atoms with Gasteiger partial charge < -0.3 is 25.7 Å². The van der Waals surface area contributed by atoms with Gasteiger partial charge in [-0.1, -0.05) is 36.9 Å². The van der Waals surface area contributed by atoms with Gasteiger partial charge in [-0.2, -0.15) is 0 Å². The lowest BCUT2D eigenvalue weighted by Crippen LogP contribution is -2.48. The Morgan fingerprint density at radius 3 is 2.65 bits per heavy atom. The minimum absolute atomic E-state index is 0.125. The first-order valence-corrected chi connectivity index (χ1v) is 13.4.